The Labute approximate surface area is 250 Å². The third-order valence-corrected chi connectivity index (χ3v) is 7.77. The van der Waals surface area contributed by atoms with Gasteiger partial charge in [-0.2, -0.15) is 5.01 Å². The maximum Gasteiger partial charge on any atom is 0.345 e. The average Bonchev–Trinajstić information content (AvgIpc) is 3.21. The van der Waals surface area contributed by atoms with Crippen LogP contribution in [0.3, 0.4) is 0 Å². The molecule has 1 aliphatic heterocycles. The second-order valence-corrected chi connectivity index (χ2v) is 10.7. The van der Waals surface area contributed by atoms with E-state index in [1.165, 1.54) is 54.6 Å². The monoisotopic (exact) mass is 610 g/mol. The van der Waals surface area contributed by atoms with Crippen LogP contribution in [0.15, 0.2) is 78.9 Å². The first-order chi connectivity index (χ1) is 19.7. The fourth-order valence-electron chi connectivity index (χ4n) is 4.78. The summed E-state index contributed by atoms with van der Waals surface area (Å²) < 4.78 is 5.35. The largest absolute Gasteiger partial charge is 0.423 e. The molecule has 208 valence electrons. The zero-order valence-corrected chi connectivity index (χ0v) is 23.5. The van der Waals surface area contributed by atoms with Gasteiger partial charge in [0.05, 0.1) is 33.0 Å². The molecule has 11 heteroatoms. The lowest BCUT2D eigenvalue weighted by Crippen LogP contribution is -2.52. The van der Waals surface area contributed by atoms with Crippen LogP contribution in [0.2, 0.25) is 15.1 Å². The molecule has 1 aliphatic carbocycles. The zero-order valence-electron chi connectivity index (χ0n) is 21.3. The standard InChI is InChI=1S/C30H21Cl3N2O6/c31-18-11-14-23(25(33)15-18)30(40)41-19-12-9-17(10-13-19)26(36)16-34(27(37)22-7-3-4-8-24(22)32)35-28(38)20-5-1-2-6-21(20)29(35)39/h1-4,7-15,20-21H,5-6,16H2/t20-,21-/m0/s1. The van der Waals surface area contributed by atoms with E-state index in [0.717, 1.165) is 10.0 Å². The molecule has 1 heterocycles. The molecule has 41 heavy (non-hydrogen) atoms. The van der Waals surface area contributed by atoms with Gasteiger partial charge >= 0.3 is 5.97 Å². The number of benzene rings is 3. The van der Waals surface area contributed by atoms with Crippen LogP contribution in [-0.4, -0.2) is 46.0 Å². The summed E-state index contributed by atoms with van der Waals surface area (Å²) in [7, 11) is 0. The Bertz CT molecular complexity index is 1580. The lowest BCUT2D eigenvalue weighted by atomic mass is 9.85. The van der Waals surface area contributed by atoms with Crippen LogP contribution in [0.25, 0.3) is 0 Å². The van der Waals surface area contributed by atoms with Crippen LogP contribution in [-0.2, 0) is 9.59 Å². The van der Waals surface area contributed by atoms with Gasteiger partial charge in [0.15, 0.2) is 5.78 Å². The number of amides is 3. The number of halogens is 3. The van der Waals surface area contributed by atoms with Crippen molar-refractivity contribution in [1.82, 2.24) is 10.0 Å². The van der Waals surface area contributed by atoms with Gasteiger partial charge in [-0.05, 0) is 67.4 Å². The molecular weight excluding hydrogens is 591 g/mol. The van der Waals surface area contributed by atoms with Gasteiger partial charge in [-0.3, -0.25) is 19.2 Å². The van der Waals surface area contributed by atoms with Gasteiger partial charge in [-0.1, -0.05) is 59.1 Å². The van der Waals surface area contributed by atoms with Gasteiger partial charge in [-0.15, -0.1) is 0 Å². The number of carbonyl (C=O) groups is 5. The molecule has 0 spiro atoms. The fraction of sp³-hybridized carbons (Fsp3) is 0.167. The maximum absolute atomic E-state index is 13.6. The SMILES string of the molecule is O=C(CN(C(=O)c1ccccc1Cl)N1C(=O)[C@H]2CC=CC[C@@H]2C1=O)c1ccc(OC(=O)c2ccc(Cl)cc2Cl)cc1. The van der Waals surface area contributed by atoms with Crippen molar-refractivity contribution in [3.05, 3.63) is 111 Å². The number of rotatable bonds is 7. The topological polar surface area (TPSA) is 101 Å². The van der Waals surface area contributed by atoms with Crippen molar-refractivity contribution in [2.24, 2.45) is 11.8 Å². The number of ketones is 1. The lowest BCUT2D eigenvalue weighted by Gasteiger charge is -2.30. The summed E-state index contributed by atoms with van der Waals surface area (Å²) in [6.45, 7) is -0.603. The number of hydrogen-bond acceptors (Lipinski definition) is 6. The molecule has 0 N–H and O–H groups in total. The molecular formula is C30H21Cl3N2O6. The van der Waals surface area contributed by atoms with Crippen molar-refractivity contribution >= 4 is 64.3 Å². The van der Waals surface area contributed by atoms with E-state index in [1.54, 1.807) is 12.1 Å². The third kappa shape index (κ3) is 5.77. The Hall–Kier alpha value is -3.98. The average molecular weight is 612 g/mol. The number of fused-ring (bicyclic) bond motifs is 1. The van der Waals surface area contributed by atoms with Gasteiger partial charge < -0.3 is 4.74 Å². The Morgan fingerprint density at radius 2 is 1.44 bits per heavy atom. The highest BCUT2D eigenvalue weighted by Gasteiger charge is 2.51. The van der Waals surface area contributed by atoms with E-state index in [0.29, 0.717) is 17.9 Å². The van der Waals surface area contributed by atoms with E-state index >= 15 is 0 Å². The molecule has 1 fully saturated rings. The third-order valence-electron chi connectivity index (χ3n) is 6.90. The van der Waals surface area contributed by atoms with Crippen LogP contribution in [0.4, 0.5) is 0 Å². The summed E-state index contributed by atoms with van der Waals surface area (Å²) in [6, 6.07) is 16.2. The first kappa shape index (κ1) is 28.5. The molecule has 8 nitrogen and oxygen atoms in total. The van der Waals surface area contributed by atoms with Gasteiger partial charge in [-0.25, -0.2) is 9.80 Å². The van der Waals surface area contributed by atoms with Gasteiger partial charge in [0, 0.05) is 10.6 Å². The van der Waals surface area contributed by atoms with Crippen molar-refractivity contribution in [2.45, 2.75) is 12.8 Å². The summed E-state index contributed by atoms with van der Waals surface area (Å²) >= 11 is 18.2. The second kappa shape index (κ2) is 11.9. The quantitative estimate of drug-likeness (QED) is 0.106. The first-order valence-electron chi connectivity index (χ1n) is 12.6. The number of Topliss-reactive ketones (excluding diaryl/α,β-unsaturated/α-hetero) is 1. The minimum absolute atomic E-state index is 0.0404. The van der Waals surface area contributed by atoms with E-state index in [2.05, 4.69) is 0 Å². The molecule has 3 amide bonds. The maximum atomic E-state index is 13.6. The van der Waals surface area contributed by atoms with Gasteiger partial charge in [0.25, 0.3) is 17.7 Å². The number of hydrazine groups is 1. The molecule has 2 aliphatic rings. The molecule has 0 radical (unpaired) electrons. The van der Waals surface area contributed by atoms with Crippen molar-refractivity contribution < 1.29 is 28.7 Å². The predicted octanol–water partition coefficient (Wildman–Crippen LogP) is 6.06. The summed E-state index contributed by atoms with van der Waals surface area (Å²) in [4.78, 5) is 66.1. The zero-order chi connectivity index (χ0) is 29.3. The molecule has 5 rings (SSSR count). The number of ether oxygens (including phenoxy) is 1. The van der Waals surface area contributed by atoms with Gasteiger partial charge in [0.1, 0.15) is 12.3 Å². The Morgan fingerprint density at radius 3 is 2.05 bits per heavy atom. The molecule has 0 bridgehead atoms. The highest BCUT2D eigenvalue weighted by atomic mass is 35.5. The molecule has 3 aromatic carbocycles. The number of esters is 1. The molecule has 0 saturated carbocycles. The number of allylic oxidation sites excluding steroid dienone is 2. The van der Waals surface area contributed by atoms with Crippen LogP contribution >= 0.6 is 34.8 Å². The Balaban J connectivity index is 1.38. The number of carbonyl (C=O) groups excluding carboxylic acids is 5. The summed E-state index contributed by atoms with van der Waals surface area (Å²) in [5, 5.41) is 2.25. The summed E-state index contributed by atoms with van der Waals surface area (Å²) in [5.41, 5.74) is 0.309. The number of nitrogens with zero attached hydrogens (tertiary/aromatic N) is 2. The smallest absolute Gasteiger partial charge is 0.345 e. The van der Waals surface area contributed by atoms with Crippen LogP contribution in [0, 0.1) is 11.8 Å². The van der Waals surface area contributed by atoms with E-state index < -0.39 is 47.9 Å². The van der Waals surface area contributed by atoms with Crippen LogP contribution < -0.4 is 4.74 Å². The highest BCUT2D eigenvalue weighted by Crippen LogP contribution is 2.36. The molecule has 3 aromatic rings. The number of imide groups is 1. The molecule has 1 saturated heterocycles. The van der Waals surface area contributed by atoms with Crippen molar-refractivity contribution in [1.29, 1.82) is 0 Å². The van der Waals surface area contributed by atoms with E-state index in [-0.39, 0.29) is 32.5 Å². The minimum Gasteiger partial charge on any atom is -0.423 e. The van der Waals surface area contributed by atoms with E-state index in [1.807, 2.05) is 12.2 Å². The van der Waals surface area contributed by atoms with E-state index in [4.69, 9.17) is 39.5 Å². The normalized spacial score (nSPS) is 17.8. The molecule has 2 atom stereocenters. The fourth-order valence-corrected chi connectivity index (χ4v) is 5.48. The van der Waals surface area contributed by atoms with Crippen LogP contribution in [0.5, 0.6) is 5.75 Å². The predicted molar refractivity (Wildman–Crippen MR) is 152 cm³/mol. The molecule has 0 unspecified atom stereocenters. The highest BCUT2D eigenvalue weighted by molar-refractivity contribution is 6.36. The van der Waals surface area contributed by atoms with Crippen molar-refractivity contribution in [3.8, 4) is 5.75 Å². The summed E-state index contributed by atoms with van der Waals surface area (Å²) in [5.74, 6) is -4.19. The minimum atomic E-state index is -0.761. The van der Waals surface area contributed by atoms with Gasteiger partial charge in [0.2, 0.25) is 0 Å². The summed E-state index contributed by atoms with van der Waals surface area (Å²) in [6.07, 6.45) is 4.40. The Morgan fingerprint density at radius 1 is 0.805 bits per heavy atom. The second-order valence-electron chi connectivity index (χ2n) is 9.45. The Kier molecular flexibility index (Phi) is 8.26. The first-order valence-corrected chi connectivity index (χ1v) is 13.7. The number of hydrogen-bond donors (Lipinski definition) is 0. The van der Waals surface area contributed by atoms with Crippen molar-refractivity contribution in [3.63, 3.8) is 0 Å². The van der Waals surface area contributed by atoms with Crippen LogP contribution in [0.1, 0.15) is 43.9 Å². The van der Waals surface area contributed by atoms with Crippen molar-refractivity contribution in [2.75, 3.05) is 6.54 Å². The lowest BCUT2D eigenvalue weighted by molar-refractivity contribution is -0.154. The van der Waals surface area contributed by atoms with E-state index in [9.17, 15) is 24.0 Å². The molecule has 0 aromatic heterocycles.